The number of aryl methyl sites for hydroxylation is 1. The standard InChI is InChI=1S/C23H25NO5/c1-3-28-17-11-10-15(13-14(17)2)21(25)19-20(18-9-6-12-29-18)24(23(27)22(19)26)16-7-4-5-8-16/h6,9-13,16,20,25H,3-5,7-8H2,1-2H3/b21-19-. The molecule has 2 aromatic rings. The second kappa shape index (κ2) is 7.78. The van der Waals surface area contributed by atoms with Gasteiger partial charge in [-0.1, -0.05) is 12.8 Å². The van der Waals surface area contributed by atoms with Crippen molar-refractivity contribution in [2.24, 2.45) is 0 Å². The number of aliphatic hydroxyl groups excluding tert-OH is 1. The molecule has 0 spiro atoms. The first kappa shape index (κ1) is 19.3. The van der Waals surface area contributed by atoms with Crippen LogP contribution in [-0.4, -0.2) is 34.3 Å². The zero-order valence-electron chi connectivity index (χ0n) is 16.7. The van der Waals surface area contributed by atoms with Gasteiger partial charge in [0, 0.05) is 11.6 Å². The molecule has 1 aliphatic carbocycles. The Morgan fingerprint density at radius 1 is 1.24 bits per heavy atom. The number of hydrogen-bond donors (Lipinski definition) is 1. The second-order valence-corrected chi connectivity index (χ2v) is 7.57. The summed E-state index contributed by atoms with van der Waals surface area (Å²) in [5.74, 6) is -0.209. The zero-order chi connectivity index (χ0) is 20.5. The van der Waals surface area contributed by atoms with E-state index in [1.54, 1.807) is 35.2 Å². The van der Waals surface area contributed by atoms with E-state index >= 15 is 0 Å². The minimum Gasteiger partial charge on any atom is -0.507 e. The molecule has 1 aliphatic heterocycles. The van der Waals surface area contributed by atoms with Crippen LogP contribution in [0, 0.1) is 6.92 Å². The quantitative estimate of drug-likeness (QED) is 0.462. The maximum Gasteiger partial charge on any atom is 0.296 e. The molecule has 29 heavy (non-hydrogen) atoms. The Hall–Kier alpha value is -3.02. The molecule has 1 atom stereocenters. The largest absolute Gasteiger partial charge is 0.507 e. The lowest BCUT2D eigenvalue weighted by Gasteiger charge is -2.29. The second-order valence-electron chi connectivity index (χ2n) is 7.57. The van der Waals surface area contributed by atoms with Crippen molar-refractivity contribution in [2.45, 2.75) is 51.6 Å². The summed E-state index contributed by atoms with van der Waals surface area (Å²) in [7, 11) is 0. The van der Waals surface area contributed by atoms with Crippen molar-refractivity contribution in [3.8, 4) is 5.75 Å². The third kappa shape index (κ3) is 3.33. The minimum atomic E-state index is -0.708. The maximum absolute atomic E-state index is 13.0. The molecule has 1 N–H and O–H groups in total. The molecule has 4 rings (SSSR count). The van der Waals surface area contributed by atoms with Crippen LogP contribution in [-0.2, 0) is 9.59 Å². The Bertz CT molecular complexity index is 954. The van der Waals surface area contributed by atoms with Gasteiger partial charge in [-0.25, -0.2) is 0 Å². The average molecular weight is 395 g/mol. The lowest BCUT2D eigenvalue weighted by Crippen LogP contribution is -2.37. The van der Waals surface area contributed by atoms with Gasteiger partial charge >= 0.3 is 0 Å². The summed E-state index contributed by atoms with van der Waals surface area (Å²) in [6.07, 6.45) is 5.28. The number of aliphatic hydroxyl groups is 1. The van der Waals surface area contributed by atoms with Gasteiger partial charge < -0.3 is 19.2 Å². The number of ether oxygens (including phenoxy) is 1. The number of Topliss-reactive ketones (excluding diaryl/α,β-unsaturated/α-hetero) is 1. The van der Waals surface area contributed by atoms with Gasteiger partial charge in [0.2, 0.25) is 0 Å². The first-order valence-corrected chi connectivity index (χ1v) is 10.1. The molecule has 1 amide bonds. The topological polar surface area (TPSA) is 80.0 Å². The molecular weight excluding hydrogens is 370 g/mol. The number of carbonyl (C=O) groups excluding carboxylic acids is 2. The monoisotopic (exact) mass is 395 g/mol. The third-order valence-corrected chi connectivity index (χ3v) is 5.76. The van der Waals surface area contributed by atoms with E-state index in [1.807, 2.05) is 13.8 Å². The van der Waals surface area contributed by atoms with E-state index < -0.39 is 17.7 Å². The average Bonchev–Trinajstić information content (AvgIpc) is 3.45. The van der Waals surface area contributed by atoms with Crippen molar-refractivity contribution in [3.63, 3.8) is 0 Å². The van der Waals surface area contributed by atoms with Crippen molar-refractivity contribution in [1.82, 2.24) is 4.90 Å². The summed E-state index contributed by atoms with van der Waals surface area (Å²) in [5, 5.41) is 11.1. The molecule has 6 nitrogen and oxygen atoms in total. The van der Waals surface area contributed by atoms with Crippen LogP contribution >= 0.6 is 0 Å². The predicted molar refractivity (Wildman–Crippen MR) is 107 cm³/mol. The molecule has 1 aromatic carbocycles. The Morgan fingerprint density at radius 2 is 2.00 bits per heavy atom. The Morgan fingerprint density at radius 3 is 2.62 bits per heavy atom. The highest BCUT2D eigenvalue weighted by Crippen LogP contribution is 2.43. The highest BCUT2D eigenvalue weighted by molar-refractivity contribution is 6.46. The summed E-state index contributed by atoms with van der Waals surface area (Å²) in [4.78, 5) is 27.5. The van der Waals surface area contributed by atoms with E-state index in [-0.39, 0.29) is 17.4 Å². The molecule has 1 aromatic heterocycles. The lowest BCUT2D eigenvalue weighted by atomic mass is 9.98. The van der Waals surface area contributed by atoms with E-state index in [1.165, 1.54) is 6.26 Å². The smallest absolute Gasteiger partial charge is 0.296 e. The molecular formula is C23H25NO5. The van der Waals surface area contributed by atoms with Crippen molar-refractivity contribution in [2.75, 3.05) is 6.61 Å². The van der Waals surface area contributed by atoms with Gasteiger partial charge in [0.15, 0.2) is 0 Å². The summed E-state index contributed by atoms with van der Waals surface area (Å²) in [6, 6.07) is 7.98. The minimum absolute atomic E-state index is 0.0195. The van der Waals surface area contributed by atoms with E-state index in [4.69, 9.17) is 9.15 Å². The summed E-state index contributed by atoms with van der Waals surface area (Å²) in [5.41, 5.74) is 1.41. The molecule has 0 radical (unpaired) electrons. The molecule has 2 heterocycles. The van der Waals surface area contributed by atoms with Crippen LogP contribution in [0.15, 0.2) is 46.6 Å². The van der Waals surface area contributed by atoms with E-state index in [0.717, 1.165) is 37.0 Å². The Balaban J connectivity index is 1.82. The first-order valence-electron chi connectivity index (χ1n) is 10.1. The molecule has 1 saturated heterocycles. The van der Waals surface area contributed by atoms with Crippen LogP contribution in [0.1, 0.15) is 55.5 Å². The van der Waals surface area contributed by atoms with Gasteiger partial charge in [0.05, 0.1) is 18.4 Å². The fraction of sp³-hybridized carbons (Fsp3) is 0.391. The molecule has 2 aliphatic rings. The van der Waals surface area contributed by atoms with Crippen LogP contribution in [0.5, 0.6) is 5.75 Å². The molecule has 2 fully saturated rings. The van der Waals surface area contributed by atoms with Crippen LogP contribution < -0.4 is 4.74 Å². The fourth-order valence-corrected chi connectivity index (χ4v) is 4.40. The highest BCUT2D eigenvalue weighted by Gasteiger charge is 2.50. The van der Waals surface area contributed by atoms with Crippen molar-refractivity contribution < 1.29 is 23.8 Å². The van der Waals surface area contributed by atoms with Gasteiger partial charge in [0.25, 0.3) is 11.7 Å². The highest BCUT2D eigenvalue weighted by atomic mass is 16.5. The predicted octanol–water partition coefficient (Wildman–Crippen LogP) is 4.35. The number of likely N-dealkylation sites (tertiary alicyclic amines) is 1. The van der Waals surface area contributed by atoms with Gasteiger partial charge in [0.1, 0.15) is 23.3 Å². The number of carbonyl (C=O) groups is 2. The van der Waals surface area contributed by atoms with Crippen LogP contribution in [0.3, 0.4) is 0 Å². The van der Waals surface area contributed by atoms with Crippen molar-refractivity contribution in [1.29, 1.82) is 0 Å². The van der Waals surface area contributed by atoms with Crippen LogP contribution in [0.2, 0.25) is 0 Å². The summed E-state index contributed by atoms with van der Waals surface area (Å²) >= 11 is 0. The summed E-state index contributed by atoms with van der Waals surface area (Å²) in [6.45, 7) is 4.32. The fourth-order valence-electron chi connectivity index (χ4n) is 4.40. The van der Waals surface area contributed by atoms with Gasteiger partial charge in [-0.15, -0.1) is 0 Å². The number of nitrogens with zero attached hydrogens (tertiary/aromatic N) is 1. The van der Waals surface area contributed by atoms with E-state index in [2.05, 4.69) is 0 Å². The number of rotatable bonds is 5. The molecule has 0 bridgehead atoms. The lowest BCUT2D eigenvalue weighted by molar-refractivity contribution is -0.141. The summed E-state index contributed by atoms with van der Waals surface area (Å²) < 4.78 is 11.1. The van der Waals surface area contributed by atoms with Gasteiger partial charge in [-0.2, -0.15) is 0 Å². The molecule has 152 valence electrons. The molecule has 1 unspecified atom stereocenters. The third-order valence-electron chi connectivity index (χ3n) is 5.76. The van der Waals surface area contributed by atoms with Crippen LogP contribution in [0.25, 0.3) is 5.76 Å². The van der Waals surface area contributed by atoms with Crippen LogP contribution in [0.4, 0.5) is 0 Å². The number of amides is 1. The zero-order valence-corrected chi connectivity index (χ0v) is 16.7. The SMILES string of the molecule is CCOc1ccc(/C(O)=C2/C(=O)C(=O)N(C3CCCC3)C2c2ccco2)cc1C. The Labute approximate surface area is 169 Å². The van der Waals surface area contributed by atoms with Gasteiger partial charge in [-0.05, 0) is 62.6 Å². The normalized spacial score (nSPS) is 21.9. The van der Waals surface area contributed by atoms with Crippen molar-refractivity contribution in [3.05, 3.63) is 59.1 Å². The number of ketones is 1. The number of hydrogen-bond acceptors (Lipinski definition) is 5. The number of furan rings is 1. The van der Waals surface area contributed by atoms with E-state index in [9.17, 15) is 14.7 Å². The number of benzene rings is 1. The van der Waals surface area contributed by atoms with Gasteiger partial charge in [-0.3, -0.25) is 9.59 Å². The van der Waals surface area contributed by atoms with Crippen molar-refractivity contribution >= 4 is 17.4 Å². The first-order chi connectivity index (χ1) is 14.0. The Kier molecular flexibility index (Phi) is 5.18. The molecule has 1 saturated carbocycles. The molecule has 6 heteroatoms. The van der Waals surface area contributed by atoms with E-state index in [0.29, 0.717) is 17.9 Å². The maximum atomic E-state index is 13.0.